The summed E-state index contributed by atoms with van der Waals surface area (Å²) in [5.74, 6) is -3.05. The van der Waals surface area contributed by atoms with Gasteiger partial charge in [0, 0.05) is 45.9 Å². The number of carbonyl (C=O) groups excluding carboxylic acids is 2. The lowest BCUT2D eigenvalue weighted by Crippen LogP contribution is -2.21. The largest absolute Gasteiger partial charge is 0.341 e. The number of carbonyl (C=O) groups is 2. The molecule has 2 aromatic heterocycles. The van der Waals surface area contributed by atoms with Crippen molar-refractivity contribution < 1.29 is 27.2 Å². The Kier molecular flexibility index (Phi) is 6.28. The van der Waals surface area contributed by atoms with Gasteiger partial charge in [0.05, 0.1) is 23.7 Å². The van der Waals surface area contributed by atoms with Crippen molar-refractivity contribution >= 4 is 51.6 Å². The molecule has 1 aliphatic rings. The molecule has 0 saturated carbocycles. The van der Waals surface area contributed by atoms with Gasteiger partial charge in [-0.3, -0.25) is 14.3 Å². The van der Waals surface area contributed by atoms with Crippen molar-refractivity contribution in [2.45, 2.75) is 18.9 Å². The number of benzene rings is 2. The molecule has 5 rings (SSSR count). The molecular formula is C24H15Cl2F4N5O2. The van der Waals surface area contributed by atoms with Crippen LogP contribution in [0.15, 0.2) is 36.4 Å². The summed E-state index contributed by atoms with van der Waals surface area (Å²) in [7, 11) is 1.46. The maximum atomic E-state index is 14.1. The Bertz CT molecular complexity index is 1590. The standard InChI is InChI=1S/C24H15Cl2F4N5O2/c1-35-15(8-17(28)29)12-7-14(31-23(36)9-4-16(26)32-18(30)5-9)19-20(22(12)34-35)24(37)33-21(19)11-6-10(27)2-3-13(11)25/h2-7,17,21H,8H2,1H3,(H,31,36)(H,33,37). The highest BCUT2D eigenvalue weighted by Gasteiger charge is 2.38. The summed E-state index contributed by atoms with van der Waals surface area (Å²) in [4.78, 5) is 29.6. The maximum absolute atomic E-state index is 14.1. The average molecular weight is 552 g/mol. The summed E-state index contributed by atoms with van der Waals surface area (Å²) < 4.78 is 55.8. The van der Waals surface area contributed by atoms with Crippen LogP contribution in [0.4, 0.5) is 23.2 Å². The van der Waals surface area contributed by atoms with Gasteiger partial charge in [0.25, 0.3) is 11.8 Å². The van der Waals surface area contributed by atoms with Gasteiger partial charge >= 0.3 is 0 Å². The number of fused-ring (bicyclic) bond motifs is 3. The molecule has 0 radical (unpaired) electrons. The van der Waals surface area contributed by atoms with E-state index in [1.807, 2.05) is 0 Å². The fourth-order valence-electron chi connectivity index (χ4n) is 4.45. The van der Waals surface area contributed by atoms with Crippen LogP contribution in [0.3, 0.4) is 0 Å². The third-order valence-electron chi connectivity index (χ3n) is 5.97. The second-order valence-electron chi connectivity index (χ2n) is 8.30. The zero-order valence-electron chi connectivity index (χ0n) is 18.8. The number of rotatable bonds is 5. The molecule has 3 heterocycles. The van der Waals surface area contributed by atoms with Crippen LogP contribution in [0.25, 0.3) is 10.9 Å². The van der Waals surface area contributed by atoms with Crippen molar-refractivity contribution in [3.63, 3.8) is 0 Å². The van der Waals surface area contributed by atoms with E-state index < -0.39 is 42.5 Å². The monoisotopic (exact) mass is 551 g/mol. The van der Waals surface area contributed by atoms with E-state index in [-0.39, 0.29) is 54.7 Å². The third-order valence-corrected chi connectivity index (χ3v) is 6.51. The van der Waals surface area contributed by atoms with Gasteiger partial charge in [0.2, 0.25) is 12.4 Å². The van der Waals surface area contributed by atoms with Crippen LogP contribution >= 0.6 is 23.2 Å². The predicted octanol–water partition coefficient (Wildman–Crippen LogP) is 5.45. The summed E-state index contributed by atoms with van der Waals surface area (Å²) >= 11 is 12.1. The molecule has 0 saturated heterocycles. The van der Waals surface area contributed by atoms with Crippen LogP contribution in [0.5, 0.6) is 0 Å². The number of nitrogens with zero attached hydrogens (tertiary/aromatic N) is 3. The Balaban J connectivity index is 1.75. The highest BCUT2D eigenvalue weighted by molar-refractivity contribution is 6.31. The lowest BCUT2D eigenvalue weighted by Gasteiger charge is -2.18. The van der Waals surface area contributed by atoms with Gasteiger partial charge in [-0.2, -0.15) is 9.49 Å². The van der Waals surface area contributed by atoms with Crippen molar-refractivity contribution in [3.05, 3.63) is 86.3 Å². The first-order valence-electron chi connectivity index (χ1n) is 10.7. The number of aryl methyl sites for hydroxylation is 1. The zero-order chi connectivity index (χ0) is 26.6. The quantitative estimate of drug-likeness (QED) is 0.255. The first-order valence-corrected chi connectivity index (χ1v) is 11.5. The number of halogens is 6. The number of aromatic nitrogens is 3. The first-order chi connectivity index (χ1) is 17.5. The first kappa shape index (κ1) is 25.0. The maximum Gasteiger partial charge on any atom is 0.255 e. The van der Waals surface area contributed by atoms with Gasteiger partial charge in [-0.05, 0) is 30.3 Å². The fraction of sp³-hybridized carbons (Fsp3) is 0.167. The van der Waals surface area contributed by atoms with Crippen molar-refractivity contribution in [2.75, 3.05) is 5.32 Å². The molecule has 7 nitrogen and oxygen atoms in total. The molecule has 0 spiro atoms. The second-order valence-corrected chi connectivity index (χ2v) is 9.10. The van der Waals surface area contributed by atoms with E-state index in [0.717, 1.165) is 24.3 Å². The van der Waals surface area contributed by atoms with Crippen molar-refractivity contribution in [2.24, 2.45) is 7.05 Å². The molecule has 0 aliphatic carbocycles. The SMILES string of the molecule is Cn1nc2c3c(c(NC(=O)c4cc(F)nc(Cl)c4)cc2c1CC(F)F)C(c1cc(F)ccc1Cl)NC3=O. The Morgan fingerprint density at radius 3 is 2.65 bits per heavy atom. The Morgan fingerprint density at radius 2 is 1.95 bits per heavy atom. The van der Waals surface area contributed by atoms with Gasteiger partial charge in [-0.1, -0.05) is 23.2 Å². The van der Waals surface area contributed by atoms with Crippen LogP contribution in [0, 0.1) is 11.8 Å². The highest BCUT2D eigenvalue weighted by atomic mass is 35.5. The lowest BCUT2D eigenvalue weighted by atomic mass is 9.93. The highest BCUT2D eigenvalue weighted by Crippen LogP contribution is 2.43. The van der Waals surface area contributed by atoms with Gasteiger partial charge in [0.15, 0.2) is 0 Å². The number of alkyl halides is 2. The number of pyridine rings is 1. The van der Waals surface area contributed by atoms with Crippen LogP contribution in [-0.2, 0) is 13.5 Å². The molecular weight excluding hydrogens is 537 g/mol. The summed E-state index contributed by atoms with van der Waals surface area (Å²) in [6.07, 6.45) is -3.37. The topological polar surface area (TPSA) is 88.9 Å². The molecule has 13 heteroatoms. The summed E-state index contributed by atoms with van der Waals surface area (Å²) in [5.41, 5.74) is 0.508. The van der Waals surface area contributed by atoms with Crippen molar-refractivity contribution in [3.8, 4) is 0 Å². The van der Waals surface area contributed by atoms with E-state index in [4.69, 9.17) is 23.2 Å². The smallest absolute Gasteiger partial charge is 0.255 e. The van der Waals surface area contributed by atoms with E-state index in [0.29, 0.717) is 0 Å². The van der Waals surface area contributed by atoms with E-state index in [1.165, 1.54) is 23.9 Å². The summed E-state index contributed by atoms with van der Waals surface area (Å²) in [6, 6.07) is 5.98. The molecule has 190 valence electrons. The Hall–Kier alpha value is -3.70. The molecule has 0 bridgehead atoms. The summed E-state index contributed by atoms with van der Waals surface area (Å²) in [6.45, 7) is 0. The van der Waals surface area contributed by atoms with Crippen molar-refractivity contribution in [1.29, 1.82) is 0 Å². The molecule has 1 aliphatic heterocycles. The van der Waals surface area contributed by atoms with Gasteiger partial charge in [-0.15, -0.1) is 0 Å². The molecule has 2 N–H and O–H groups in total. The molecule has 2 aromatic carbocycles. The zero-order valence-corrected chi connectivity index (χ0v) is 20.3. The number of anilines is 1. The fourth-order valence-corrected chi connectivity index (χ4v) is 4.88. The summed E-state index contributed by atoms with van der Waals surface area (Å²) in [5, 5.41) is 9.67. The molecule has 2 amide bonds. The Labute approximate surface area is 216 Å². The van der Waals surface area contributed by atoms with Crippen LogP contribution in [0.2, 0.25) is 10.2 Å². The molecule has 0 fully saturated rings. The molecule has 1 unspecified atom stereocenters. The minimum atomic E-state index is -2.71. The molecule has 1 atom stereocenters. The second kappa shape index (κ2) is 9.31. The number of nitrogens with one attached hydrogen (secondary N) is 2. The van der Waals surface area contributed by atoms with Crippen molar-refractivity contribution in [1.82, 2.24) is 20.1 Å². The van der Waals surface area contributed by atoms with Gasteiger partial charge in [0.1, 0.15) is 16.5 Å². The van der Waals surface area contributed by atoms with Crippen LogP contribution < -0.4 is 10.6 Å². The predicted molar refractivity (Wildman–Crippen MR) is 128 cm³/mol. The molecule has 37 heavy (non-hydrogen) atoms. The van der Waals surface area contributed by atoms with Gasteiger partial charge < -0.3 is 10.6 Å². The minimum Gasteiger partial charge on any atom is -0.341 e. The number of amides is 2. The minimum absolute atomic E-state index is 0.00758. The van der Waals surface area contributed by atoms with Crippen LogP contribution in [0.1, 0.15) is 43.6 Å². The number of hydrogen-bond acceptors (Lipinski definition) is 4. The van der Waals surface area contributed by atoms with E-state index in [1.54, 1.807) is 0 Å². The van der Waals surface area contributed by atoms with E-state index in [9.17, 15) is 27.2 Å². The van der Waals surface area contributed by atoms with Crippen LogP contribution in [-0.4, -0.2) is 33.0 Å². The Morgan fingerprint density at radius 1 is 1.19 bits per heavy atom. The van der Waals surface area contributed by atoms with E-state index in [2.05, 4.69) is 20.7 Å². The molecule has 4 aromatic rings. The number of hydrogen-bond donors (Lipinski definition) is 2. The average Bonchev–Trinajstić information content (AvgIpc) is 3.31. The lowest BCUT2D eigenvalue weighted by molar-refractivity contribution is 0.0960. The van der Waals surface area contributed by atoms with Gasteiger partial charge in [-0.25, -0.2) is 18.2 Å². The normalized spacial score (nSPS) is 14.8. The van der Waals surface area contributed by atoms with E-state index >= 15 is 0 Å². The third kappa shape index (κ3) is 4.49.